The topological polar surface area (TPSA) is 12.0 Å². The molecule has 1 atom stereocenters. The molecule has 0 spiro atoms. The van der Waals surface area contributed by atoms with Crippen molar-refractivity contribution in [1.82, 2.24) is 5.32 Å². The minimum Gasteiger partial charge on any atom is -0.310 e. The van der Waals surface area contributed by atoms with Crippen LogP contribution < -0.4 is 5.32 Å². The highest BCUT2D eigenvalue weighted by Crippen LogP contribution is 2.28. The lowest BCUT2D eigenvalue weighted by molar-refractivity contribution is 0.598. The third kappa shape index (κ3) is 3.74. The van der Waals surface area contributed by atoms with Gasteiger partial charge in [-0.25, -0.2) is 0 Å². The normalized spacial score (nSPS) is 12.4. The largest absolute Gasteiger partial charge is 0.310 e. The molecule has 0 saturated carbocycles. The molecule has 0 aromatic heterocycles. The fourth-order valence-corrected chi connectivity index (χ4v) is 2.82. The summed E-state index contributed by atoms with van der Waals surface area (Å²) in [7, 11) is 0. The molecule has 1 N–H and O–H groups in total. The Bertz CT molecular complexity index is 586. The Morgan fingerprint density at radius 1 is 0.952 bits per heavy atom. The van der Waals surface area contributed by atoms with Gasteiger partial charge in [0.2, 0.25) is 0 Å². The summed E-state index contributed by atoms with van der Waals surface area (Å²) >= 11 is 0. The maximum atomic E-state index is 3.49. The third-order valence-electron chi connectivity index (χ3n) is 4.17. The molecule has 21 heavy (non-hydrogen) atoms. The molecule has 1 heteroatoms. The molecular formula is C20H27N. The predicted octanol–water partition coefficient (Wildman–Crippen LogP) is 5.15. The van der Waals surface area contributed by atoms with Crippen molar-refractivity contribution in [2.24, 2.45) is 0 Å². The molecule has 0 fully saturated rings. The summed E-state index contributed by atoms with van der Waals surface area (Å²) in [5, 5.41) is 3.49. The van der Waals surface area contributed by atoms with Crippen molar-refractivity contribution in [3.05, 3.63) is 59.2 Å². The second-order valence-electron chi connectivity index (χ2n) is 5.60. The SMILES string of the molecule is CCNC(C)c1cccc(-c2cc(CC)ccc2CC)c1. The summed E-state index contributed by atoms with van der Waals surface area (Å²) in [4.78, 5) is 0. The zero-order valence-electron chi connectivity index (χ0n) is 13.7. The number of aryl methyl sites for hydroxylation is 2. The zero-order chi connectivity index (χ0) is 15.2. The fourth-order valence-electron chi connectivity index (χ4n) is 2.82. The Hall–Kier alpha value is -1.60. The molecular weight excluding hydrogens is 254 g/mol. The van der Waals surface area contributed by atoms with Crippen LogP contribution in [0, 0.1) is 0 Å². The van der Waals surface area contributed by atoms with E-state index in [0.717, 1.165) is 19.4 Å². The van der Waals surface area contributed by atoms with E-state index in [1.807, 2.05) is 0 Å². The molecule has 2 aromatic rings. The van der Waals surface area contributed by atoms with E-state index < -0.39 is 0 Å². The molecule has 0 aliphatic rings. The lowest BCUT2D eigenvalue weighted by Crippen LogP contribution is -2.17. The van der Waals surface area contributed by atoms with E-state index in [1.165, 1.54) is 27.8 Å². The van der Waals surface area contributed by atoms with Gasteiger partial charge in [0.05, 0.1) is 0 Å². The standard InChI is InChI=1S/C20H27N/c1-5-16-11-12-17(6-2)20(13-16)19-10-8-9-18(14-19)15(4)21-7-3/h8-15,21H,5-7H2,1-4H3. The van der Waals surface area contributed by atoms with Crippen LogP contribution in [0.3, 0.4) is 0 Å². The number of nitrogens with one attached hydrogen (secondary N) is 1. The average molecular weight is 281 g/mol. The predicted molar refractivity (Wildman–Crippen MR) is 92.7 cm³/mol. The Labute approximate surface area is 129 Å². The smallest absolute Gasteiger partial charge is 0.0291 e. The van der Waals surface area contributed by atoms with Crippen LogP contribution in [-0.2, 0) is 12.8 Å². The molecule has 0 aliphatic heterocycles. The second kappa shape index (κ2) is 7.42. The summed E-state index contributed by atoms with van der Waals surface area (Å²) in [5.74, 6) is 0. The van der Waals surface area contributed by atoms with Crippen LogP contribution in [0.5, 0.6) is 0 Å². The Kier molecular flexibility index (Phi) is 5.58. The summed E-state index contributed by atoms with van der Waals surface area (Å²) in [6, 6.07) is 16.3. The van der Waals surface area contributed by atoms with Gasteiger partial charge in [0, 0.05) is 6.04 Å². The van der Waals surface area contributed by atoms with Crippen LogP contribution in [0.25, 0.3) is 11.1 Å². The van der Waals surface area contributed by atoms with Crippen molar-refractivity contribution in [3.63, 3.8) is 0 Å². The Morgan fingerprint density at radius 2 is 1.76 bits per heavy atom. The van der Waals surface area contributed by atoms with Crippen LogP contribution in [0.4, 0.5) is 0 Å². The van der Waals surface area contributed by atoms with Crippen LogP contribution in [-0.4, -0.2) is 6.54 Å². The molecule has 0 saturated heterocycles. The van der Waals surface area contributed by atoms with E-state index in [-0.39, 0.29) is 0 Å². The van der Waals surface area contributed by atoms with Crippen molar-refractivity contribution >= 4 is 0 Å². The van der Waals surface area contributed by atoms with Gasteiger partial charge in [0.15, 0.2) is 0 Å². The van der Waals surface area contributed by atoms with E-state index >= 15 is 0 Å². The lowest BCUT2D eigenvalue weighted by Gasteiger charge is -2.16. The van der Waals surface area contributed by atoms with Crippen molar-refractivity contribution in [3.8, 4) is 11.1 Å². The van der Waals surface area contributed by atoms with Gasteiger partial charge in [-0.05, 0) is 60.2 Å². The molecule has 2 rings (SSSR count). The fraction of sp³-hybridized carbons (Fsp3) is 0.400. The maximum absolute atomic E-state index is 3.49. The van der Waals surface area contributed by atoms with E-state index in [1.54, 1.807) is 0 Å². The zero-order valence-corrected chi connectivity index (χ0v) is 13.7. The maximum Gasteiger partial charge on any atom is 0.0291 e. The number of rotatable bonds is 6. The third-order valence-corrected chi connectivity index (χ3v) is 4.17. The highest BCUT2D eigenvalue weighted by Gasteiger charge is 2.08. The molecule has 1 unspecified atom stereocenters. The first kappa shape index (κ1) is 15.8. The van der Waals surface area contributed by atoms with Crippen LogP contribution in [0.15, 0.2) is 42.5 Å². The monoisotopic (exact) mass is 281 g/mol. The van der Waals surface area contributed by atoms with Crippen LogP contribution in [0.1, 0.15) is 50.4 Å². The first-order chi connectivity index (χ1) is 10.2. The molecule has 0 aliphatic carbocycles. The van der Waals surface area contributed by atoms with Crippen molar-refractivity contribution in [1.29, 1.82) is 0 Å². The molecule has 112 valence electrons. The van der Waals surface area contributed by atoms with Gasteiger partial charge in [-0.2, -0.15) is 0 Å². The van der Waals surface area contributed by atoms with E-state index in [2.05, 4.69) is 75.5 Å². The molecule has 1 nitrogen and oxygen atoms in total. The average Bonchev–Trinajstić information content (AvgIpc) is 2.54. The van der Waals surface area contributed by atoms with Gasteiger partial charge < -0.3 is 5.32 Å². The minimum absolute atomic E-state index is 0.398. The number of hydrogen-bond donors (Lipinski definition) is 1. The number of benzene rings is 2. The lowest BCUT2D eigenvalue weighted by atomic mass is 9.93. The summed E-state index contributed by atoms with van der Waals surface area (Å²) in [6.07, 6.45) is 2.16. The van der Waals surface area contributed by atoms with Gasteiger partial charge in [-0.1, -0.05) is 57.2 Å². The van der Waals surface area contributed by atoms with E-state index in [4.69, 9.17) is 0 Å². The van der Waals surface area contributed by atoms with Gasteiger partial charge in [0.1, 0.15) is 0 Å². The molecule has 0 amide bonds. The summed E-state index contributed by atoms with van der Waals surface area (Å²) in [6.45, 7) is 9.83. The van der Waals surface area contributed by atoms with Gasteiger partial charge in [-0.3, -0.25) is 0 Å². The van der Waals surface area contributed by atoms with Crippen molar-refractivity contribution in [2.75, 3.05) is 6.54 Å². The second-order valence-corrected chi connectivity index (χ2v) is 5.60. The summed E-state index contributed by atoms with van der Waals surface area (Å²) in [5.41, 5.74) is 6.93. The first-order valence-corrected chi connectivity index (χ1v) is 8.15. The number of hydrogen-bond acceptors (Lipinski definition) is 1. The summed E-state index contributed by atoms with van der Waals surface area (Å²) < 4.78 is 0. The van der Waals surface area contributed by atoms with E-state index in [0.29, 0.717) is 6.04 Å². The van der Waals surface area contributed by atoms with Gasteiger partial charge in [-0.15, -0.1) is 0 Å². The Morgan fingerprint density at radius 3 is 2.43 bits per heavy atom. The van der Waals surface area contributed by atoms with Gasteiger partial charge >= 0.3 is 0 Å². The highest BCUT2D eigenvalue weighted by atomic mass is 14.9. The van der Waals surface area contributed by atoms with Gasteiger partial charge in [0.25, 0.3) is 0 Å². The minimum atomic E-state index is 0.398. The highest BCUT2D eigenvalue weighted by molar-refractivity contribution is 5.69. The first-order valence-electron chi connectivity index (χ1n) is 8.15. The van der Waals surface area contributed by atoms with Crippen LogP contribution >= 0.6 is 0 Å². The molecule has 2 aromatic carbocycles. The van der Waals surface area contributed by atoms with Crippen molar-refractivity contribution < 1.29 is 0 Å². The van der Waals surface area contributed by atoms with Crippen molar-refractivity contribution in [2.45, 2.75) is 46.6 Å². The van der Waals surface area contributed by atoms with E-state index in [9.17, 15) is 0 Å². The molecule has 0 heterocycles. The quantitative estimate of drug-likeness (QED) is 0.772. The molecule has 0 radical (unpaired) electrons. The Balaban J connectivity index is 2.44. The van der Waals surface area contributed by atoms with Crippen LogP contribution in [0.2, 0.25) is 0 Å². The molecule has 0 bridgehead atoms.